The second-order valence-electron chi connectivity index (χ2n) is 6.27. The van der Waals surface area contributed by atoms with Crippen molar-refractivity contribution in [2.24, 2.45) is 0 Å². The average molecular weight is 426 g/mol. The van der Waals surface area contributed by atoms with Gasteiger partial charge in [0.05, 0.1) is 21.3 Å². The Morgan fingerprint density at radius 3 is 2.43 bits per heavy atom. The quantitative estimate of drug-likeness (QED) is 0.521. The molecule has 0 saturated carbocycles. The maximum absolute atomic E-state index is 12.8. The zero-order valence-corrected chi connectivity index (χ0v) is 17.8. The molecular weight excluding hydrogens is 402 g/mol. The summed E-state index contributed by atoms with van der Waals surface area (Å²) in [6, 6.07) is 12.7. The van der Waals surface area contributed by atoms with Crippen LogP contribution < -0.4 is 25.3 Å². The molecule has 0 fully saturated rings. The van der Waals surface area contributed by atoms with E-state index in [0.29, 0.717) is 39.9 Å². The number of aromatic nitrogens is 1. The van der Waals surface area contributed by atoms with Gasteiger partial charge in [-0.25, -0.2) is 0 Å². The fourth-order valence-corrected chi connectivity index (χ4v) is 3.70. The molecule has 1 aromatic heterocycles. The Bertz CT molecular complexity index is 1020. The molecule has 8 heteroatoms. The van der Waals surface area contributed by atoms with Crippen LogP contribution in [0.25, 0.3) is 0 Å². The van der Waals surface area contributed by atoms with Gasteiger partial charge in [-0.05, 0) is 35.9 Å². The number of rotatable bonds is 8. The maximum Gasteiger partial charge on any atom is 0.255 e. The summed E-state index contributed by atoms with van der Waals surface area (Å²) in [5, 5.41) is 2.91. The van der Waals surface area contributed by atoms with Gasteiger partial charge in [-0.1, -0.05) is 12.1 Å². The van der Waals surface area contributed by atoms with Gasteiger partial charge in [0.15, 0.2) is 11.5 Å². The molecule has 0 atom stereocenters. The molecule has 0 bridgehead atoms. The Hall–Kier alpha value is -3.39. The van der Waals surface area contributed by atoms with Gasteiger partial charge in [-0.3, -0.25) is 9.78 Å². The Morgan fingerprint density at radius 2 is 1.80 bits per heavy atom. The Balaban J connectivity index is 1.74. The molecule has 1 amide bonds. The molecule has 156 valence electrons. The van der Waals surface area contributed by atoms with Gasteiger partial charge in [0.2, 0.25) is 5.75 Å². The van der Waals surface area contributed by atoms with E-state index in [1.165, 1.54) is 21.3 Å². The number of hydrogen-bond donors (Lipinski definition) is 2. The number of nitrogens with zero attached hydrogens (tertiary/aromatic N) is 1. The Labute approximate surface area is 179 Å². The largest absolute Gasteiger partial charge is 0.493 e. The zero-order valence-electron chi connectivity index (χ0n) is 17.0. The summed E-state index contributed by atoms with van der Waals surface area (Å²) in [6.07, 6.45) is 3.41. The summed E-state index contributed by atoms with van der Waals surface area (Å²) < 4.78 is 15.9. The lowest BCUT2D eigenvalue weighted by Crippen LogP contribution is -2.12. The number of methoxy groups -OCH3 is 3. The van der Waals surface area contributed by atoms with Gasteiger partial charge < -0.3 is 25.3 Å². The predicted octanol–water partition coefficient (Wildman–Crippen LogP) is 4.23. The summed E-state index contributed by atoms with van der Waals surface area (Å²) in [4.78, 5) is 17.8. The smallest absolute Gasteiger partial charge is 0.255 e. The van der Waals surface area contributed by atoms with E-state index in [9.17, 15) is 4.79 Å². The van der Waals surface area contributed by atoms with Crippen LogP contribution in [0, 0.1) is 0 Å². The van der Waals surface area contributed by atoms with Crippen LogP contribution in [0.1, 0.15) is 15.9 Å². The van der Waals surface area contributed by atoms with E-state index >= 15 is 0 Å². The van der Waals surface area contributed by atoms with Crippen LogP contribution in [-0.4, -0.2) is 32.2 Å². The molecule has 0 spiro atoms. The predicted molar refractivity (Wildman–Crippen MR) is 119 cm³/mol. The molecule has 1 heterocycles. The highest BCUT2D eigenvalue weighted by atomic mass is 32.2. The molecule has 3 rings (SSSR count). The number of pyridine rings is 1. The van der Waals surface area contributed by atoms with Gasteiger partial charge in [-0.2, -0.15) is 0 Å². The maximum atomic E-state index is 12.8. The minimum Gasteiger partial charge on any atom is -0.493 e. The minimum absolute atomic E-state index is 0.282. The number of carbonyl (C=O) groups excluding carboxylic acids is 1. The number of thioether (sulfide) groups is 1. The molecule has 2 aromatic carbocycles. The fraction of sp³-hybridized carbons (Fsp3) is 0.182. The van der Waals surface area contributed by atoms with Gasteiger partial charge >= 0.3 is 0 Å². The van der Waals surface area contributed by atoms with Crippen LogP contribution in [0.15, 0.2) is 59.8 Å². The monoisotopic (exact) mass is 425 g/mol. The van der Waals surface area contributed by atoms with E-state index in [1.807, 2.05) is 24.3 Å². The summed E-state index contributed by atoms with van der Waals surface area (Å²) in [5.41, 5.74) is 8.79. The number of carbonyl (C=O) groups is 1. The van der Waals surface area contributed by atoms with E-state index in [4.69, 9.17) is 19.9 Å². The third kappa shape index (κ3) is 4.96. The number of ether oxygens (including phenoxy) is 3. The molecule has 0 unspecified atom stereocenters. The normalized spacial score (nSPS) is 10.4. The lowest BCUT2D eigenvalue weighted by atomic mass is 10.1. The first-order valence-electron chi connectivity index (χ1n) is 9.08. The van der Waals surface area contributed by atoms with Crippen molar-refractivity contribution in [2.75, 3.05) is 32.4 Å². The first-order chi connectivity index (χ1) is 14.5. The Kier molecular flexibility index (Phi) is 7.03. The summed E-state index contributed by atoms with van der Waals surface area (Å²) in [7, 11) is 4.53. The van der Waals surface area contributed by atoms with Crippen molar-refractivity contribution in [3.05, 3.63) is 66.0 Å². The third-order valence-electron chi connectivity index (χ3n) is 4.32. The number of hydrogen-bond acceptors (Lipinski definition) is 7. The molecule has 0 aliphatic rings. The van der Waals surface area contributed by atoms with E-state index < -0.39 is 0 Å². The lowest BCUT2D eigenvalue weighted by Gasteiger charge is -2.14. The molecule has 7 nitrogen and oxygen atoms in total. The van der Waals surface area contributed by atoms with E-state index in [1.54, 1.807) is 42.4 Å². The van der Waals surface area contributed by atoms with Crippen LogP contribution >= 0.6 is 11.8 Å². The van der Waals surface area contributed by atoms with E-state index in [0.717, 1.165) is 10.5 Å². The van der Waals surface area contributed by atoms with Crippen molar-refractivity contribution in [3.63, 3.8) is 0 Å². The van der Waals surface area contributed by atoms with Crippen molar-refractivity contribution in [3.8, 4) is 17.2 Å². The second kappa shape index (κ2) is 9.89. The summed E-state index contributed by atoms with van der Waals surface area (Å²) in [6.45, 7) is 0. The van der Waals surface area contributed by atoms with Crippen LogP contribution in [0.4, 0.5) is 11.4 Å². The molecule has 0 saturated heterocycles. The topological polar surface area (TPSA) is 95.7 Å². The average Bonchev–Trinajstić information content (AvgIpc) is 2.77. The number of benzene rings is 2. The SMILES string of the molecule is COc1cc(C(=O)Nc2cccc(CSc3cnccc3N)c2)cc(OC)c1OC. The highest BCUT2D eigenvalue weighted by Gasteiger charge is 2.17. The van der Waals surface area contributed by atoms with Gasteiger partial charge in [0, 0.05) is 40.0 Å². The van der Waals surface area contributed by atoms with Crippen LogP contribution in [0.2, 0.25) is 0 Å². The van der Waals surface area contributed by atoms with Crippen LogP contribution in [0.5, 0.6) is 17.2 Å². The zero-order chi connectivity index (χ0) is 21.5. The molecule has 0 radical (unpaired) electrons. The first kappa shape index (κ1) is 21.3. The number of amides is 1. The highest BCUT2D eigenvalue weighted by Crippen LogP contribution is 2.38. The summed E-state index contributed by atoms with van der Waals surface area (Å²) in [5.74, 6) is 1.69. The van der Waals surface area contributed by atoms with E-state index in [2.05, 4.69) is 10.3 Å². The van der Waals surface area contributed by atoms with Gasteiger partial charge in [0.1, 0.15) is 0 Å². The number of nitrogens with two attached hydrogens (primary N) is 1. The van der Waals surface area contributed by atoms with Crippen molar-refractivity contribution in [1.82, 2.24) is 4.98 Å². The van der Waals surface area contributed by atoms with Crippen molar-refractivity contribution in [1.29, 1.82) is 0 Å². The molecule has 0 aliphatic carbocycles. The van der Waals surface area contributed by atoms with E-state index in [-0.39, 0.29) is 5.91 Å². The Morgan fingerprint density at radius 1 is 1.07 bits per heavy atom. The number of nitrogens with one attached hydrogen (secondary N) is 1. The van der Waals surface area contributed by atoms with Crippen LogP contribution in [-0.2, 0) is 5.75 Å². The third-order valence-corrected chi connectivity index (χ3v) is 5.45. The highest BCUT2D eigenvalue weighted by molar-refractivity contribution is 7.98. The van der Waals surface area contributed by atoms with Gasteiger partial charge in [0.25, 0.3) is 5.91 Å². The molecular formula is C22H23N3O4S. The first-order valence-corrected chi connectivity index (χ1v) is 10.1. The summed E-state index contributed by atoms with van der Waals surface area (Å²) >= 11 is 1.59. The van der Waals surface area contributed by atoms with Gasteiger partial charge in [-0.15, -0.1) is 11.8 Å². The molecule has 30 heavy (non-hydrogen) atoms. The fourth-order valence-electron chi connectivity index (χ4n) is 2.83. The minimum atomic E-state index is -0.282. The number of nitrogen functional groups attached to an aromatic ring is 1. The molecule has 3 N–H and O–H groups in total. The molecule has 0 aliphatic heterocycles. The lowest BCUT2D eigenvalue weighted by molar-refractivity contribution is 0.102. The van der Waals surface area contributed by atoms with Crippen LogP contribution in [0.3, 0.4) is 0 Å². The van der Waals surface area contributed by atoms with Crippen molar-refractivity contribution < 1.29 is 19.0 Å². The molecule has 3 aromatic rings. The second-order valence-corrected chi connectivity index (χ2v) is 7.29. The number of anilines is 2. The van der Waals surface area contributed by atoms with Crippen molar-refractivity contribution in [2.45, 2.75) is 10.6 Å². The van der Waals surface area contributed by atoms with Crippen molar-refractivity contribution >= 4 is 29.0 Å². The standard InChI is InChI=1S/C22H23N3O4S/c1-27-18-10-15(11-19(28-2)21(18)29-3)22(26)25-16-6-4-5-14(9-16)13-30-20-12-24-8-7-17(20)23/h4-12H,13H2,1-3H3,(H2,23,24)(H,25,26).